The molecule has 0 fully saturated rings. The summed E-state index contributed by atoms with van der Waals surface area (Å²) >= 11 is 0. The standard InChI is InChI=1S/C68H42N2/c1-2-21-43(22-3-1)45-23-9-17-37-61(45)69(64-40-20-36-59-65(64)51-29-8-15-34-57(51)67(59)53-30-11-4-24-46(53)47-25-5-12-31-54(47)67)44-41-52-50-28-10-18-38-62(50)70-63-39-19-16-35-58(63)68(60(42-44)66(52)70)55-32-13-6-26-48(55)49-27-7-14-33-56(49)68/h1-42H. The van der Waals surface area contributed by atoms with Crippen LogP contribution in [0.1, 0.15) is 44.5 Å². The Bertz CT molecular complexity index is 4120. The summed E-state index contributed by atoms with van der Waals surface area (Å²) in [7, 11) is 0. The average molecular weight is 887 g/mol. The van der Waals surface area contributed by atoms with E-state index in [0.29, 0.717) is 0 Å². The third-order valence-electron chi connectivity index (χ3n) is 16.4. The van der Waals surface area contributed by atoms with Crippen molar-refractivity contribution < 1.29 is 0 Å². The van der Waals surface area contributed by atoms with Crippen LogP contribution in [0.2, 0.25) is 0 Å². The highest BCUT2D eigenvalue weighted by Crippen LogP contribution is 2.66. The van der Waals surface area contributed by atoms with Gasteiger partial charge in [-0.15, -0.1) is 0 Å². The fraction of sp³-hybridized carbons (Fsp3) is 0.0294. The van der Waals surface area contributed by atoms with Crippen molar-refractivity contribution in [2.75, 3.05) is 4.90 Å². The second-order valence-electron chi connectivity index (χ2n) is 19.4. The van der Waals surface area contributed by atoms with Gasteiger partial charge in [-0.1, -0.05) is 218 Å². The summed E-state index contributed by atoms with van der Waals surface area (Å²) < 4.78 is 2.56. The molecule has 0 N–H and O–H groups in total. The van der Waals surface area contributed by atoms with Crippen LogP contribution in [-0.4, -0.2) is 4.57 Å². The maximum atomic E-state index is 2.62. The molecule has 0 amide bonds. The number of hydrogen-bond donors (Lipinski definition) is 0. The van der Waals surface area contributed by atoms with E-state index in [4.69, 9.17) is 0 Å². The van der Waals surface area contributed by atoms with Crippen LogP contribution in [0, 0.1) is 0 Å². The third-order valence-corrected chi connectivity index (χ3v) is 16.4. The minimum Gasteiger partial charge on any atom is -0.309 e. The van der Waals surface area contributed by atoms with E-state index in [1.807, 2.05) is 0 Å². The van der Waals surface area contributed by atoms with Gasteiger partial charge < -0.3 is 9.47 Å². The lowest BCUT2D eigenvalue weighted by Gasteiger charge is -2.40. The summed E-state index contributed by atoms with van der Waals surface area (Å²) in [6.07, 6.45) is 0. The van der Waals surface area contributed by atoms with Crippen molar-refractivity contribution in [3.8, 4) is 50.2 Å². The normalized spacial score (nSPS) is 14.2. The molecular formula is C68H42N2. The maximum absolute atomic E-state index is 2.62. The molecule has 0 saturated heterocycles. The number of nitrogens with zero attached hydrogens (tertiary/aromatic N) is 2. The van der Waals surface area contributed by atoms with E-state index in [0.717, 1.165) is 17.1 Å². The van der Waals surface area contributed by atoms with Crippen LogP contribution in [0.15, 0.2) is 255 Å². The lowest BCUT2D eigenvalue weighted by molar-refractivity contribution is 0.748. The van der Waals surface area contributed by atoms with Gasteiger partial charge in [0.2, 0.25) is 0 Å². The Hall–Kier alpha value is -8.98. The minimum absolute atomic E-state index is 0.492. The highest BCUT2D eigenvalue weighted by Gasteiger charge is 2.54. The Balaban J connectivity index is 1.08. The Morgan fingerprint density at radius 3 is 1.40 bits per heavy atom. The molecule has 0 atom stereocenters. The smallest absolute Gasteiger partial charge is 0.0755 e. The first-order valence-corrected chi connectivity index (χ1v) is 24.5. The molecule has 1 aliphatic heterocycles. The molecule has 2 spiro atoms. The van der Waals surface area contributed by atoms with Gasteiger partial charge in [0.1, 0.15) is 0 Å². The predicted molar refractivity (Wildman–Crippen MR) is 288 cm³/mol. The second-order valence-corrected chi connectivity index (χ2v) is 19.4. The summed E-state index contributed by atoms with van der Waals surface area (Å²) in [4.78, 5) is 2.62. The van der Waals surface area contributed by atoms with Gasteiger partial charge in [0.15, 0.2) is 0 Å². The van der Waals surface area contributed by atoms with Crippen molar-refractivity contribution in [3.63, 3.8) is 0 Å². The molecule has 11 aromatic carbocycles. The molecule has 16 rings (SSSR count). The summed E-state index contributed by atoms with van der Waals surface area (Å²) in [5.74, 6) is 0. The van der Waals surface area contributed by atoms with Gasteiger partial charge in [-0.3, -0.25) is 0 Å². The van der Waals surface area contributed by atoms with Crippen LogP contribution in [-0.2, 0) is 10.8 Å². The molecule has 4 aliphatic rings. The number of aromatic nitrogens is 1. The van der Waals surface area contributed by atoms with Gasteiger partial charge in [-0.2, -0.15) is 0 Å². The fourth-order valence-corrected chi connectivity index (χ4v) is 13.9. The van der Waals surface area contributed by atoms with Crippen molar-refractivity contribution in [1.29, 1.82) is 0 Å². The summed E-state index contributed by atoms with van der Waals surface area (Å²) in [6, 6.07) is 96.2. The van der Waals surface area contributed by atoms with Gasteiger partial charge in [-0.25, -0.2) is 0 Å². The van der Waals surface area contributed by atoms with Crippen LogP contribution < -0.4 is 4.90 Å². The monoisotopic (exact) mass is 886 g/mol. The Morgan fingerprint density at radius 1 is 0.300 bits per heavy atom. The molecule has 0 unspecified atom stereocenters. The van der Waals surface area contributed by atoms with Gasteiger partial charge in [0.05, 0.1) is 38.9 Å². The van der Waals surface area contributed by atoms with Crippen molar-refractivity contribution in [2.45, 2.75) is 10.8 Å². The predicted octanol–water partition coefficient (Wildman–Crippen LogP) is 16.9. The molecule has 70 heavy (non-hydrogen) atoms. The SMILES string of the molecule is c1ccc(-c2ccccc2N(c2cc3c4c(c2)c2ccccc2n4-c2ccccc2C32c3ccccc3-c3ccccc32)c2cccc3c2-c2ccccc2C32c3ccccc3-c3ccccc32)cc1. The van der Waals surface area contributed by atoms with E-state index >= 15 is 0 Å². The number of para-hydroxylation sites is 3. The van der Waals surface area contributed by atoms with Crippen molar-refractivity contribution in [1.82, 2.24) is 4.57 Å². The van der Waals surface area contributed by atoms with Crippen LogP contribution in [0.25, 0.3) is 72.0 Å². The molecular weight excluding hydrogens is 845 g/mol. The van der Waals surface area contributed by atoms with Crippen LogP contribution >= 0.6 is 0 Å². The van der Waals surface area contributed by atoms with E-state index in [1.165, 1.54) is 117 Å². The van der Waals surface area contributed by atoms with E-state index in [2.05, 4.69) is 264 Å². The van der Waals surface area contributed by atoms with E-state index in [-0.39, 0.29) is 0 Å². The Labute approximate surface area is 406 Å². The first-order valence-electron chi connectivity index (χ1n) is 24.5. The molecule has 0 radical (unpaired) electrons. The Morgan fingerprint density at radius 2 is 0.757 bits per heavy atom. The van der Waals surface area contributed by atoms with Gasteiger partial charge in [0, 0.05) is 27.6 Å². The fourth-order valence-electron chi connectivity index (χ4n) is 13.9. The van der Waals surface area contributed by atoms with Crippen molar-refractivity contribution in [3.05, 3.63) is 299 Å². The number of rotatable bonds is 4. The summed E-state index contributed by atoms with van der Waals surface area (Å²) in [6.45, 7) is 0. The van der Waals surface area contributed by atoms with Crippen molar-refractivity contribution >= 4 is 38.9 Å². The molecule has 12 aromatic rings. The van der Waals surface area contributed by atoms with Crippen LogP contribution in [0.5, 0.6) is 0 Å². The second kappa shape index (κ2) is 13.8. The lowest BCUT2D eigenvalue weighted by Crippen LogP contribution is -2.33. The summed E-state index contributed by atoms with van der Waals surface area (Å²) in [5, 5.41) is 2.48. The molecule has 2 heteroatoms. The molecule has 2 nitrogen and oxygen atoms in total. The molecule has 0 bridgehead atoms. The zero-order chi connectivity index (χ0) is 45.7. The highest BCUT2D eigenvalue weighted by molar-refractivity contribution is 6.15. The molecule has 1 aromatic heterocycles. The van der Waals surface area contributed by atoms with Crippen LogP contribution in [0.4, 0.5) is 17.1 Å². The topological polar surface area (TPSA) is 8.17 Å². The molecule has 324 valence electrons. The Kier molecular flexibility index (Phi) is 7.51. The van der Waals surface area contributed by atoms with Gasteiger partial charge >= 0.3 is 0 Å². The molecule has 2 heterocycles. The van der Waals surface area contributed by atoms with Gasteiger partial charge in [-0.05, 0) is 114 Å². The molecule has 0 saturated carbocycles. The summed E-state index contributed by atoms with van der Waals surface area (Å²) in [5.41, 5.74) is 26.6. The lowest BCUT2D eigenvalue weighted by atomic mass is 9.65. The van der Waals surface area contributed by atoms with E-state index in [1.54, 1.807) is 0 Å². The van der Waals surface area contributed by atoms with Crippen molar-refractivity contribution in [2.24, 2.45) is 0 Å². The van der Waals surface area contributed by atoms with Gasteiger partial charge in [0.25, 0.3) is 0 Å². The maximum Gasteiger partial charge on any atom is 0.0755 e. The first kappa shape index (κ1) is 38.0. The average Bonchev–Trinajstić information content (AvgIpc) is 4.14. The zero-order valence-electron chi connectivity index (χ0n) is 38.1. The first-order chi connectivity index (χ1) is 34.8. The third kappa shape index (κ3) is 4.55. The zero-order valence-corrected chi connectivity index (χ0v) is 38.1. The minimum atomic E-state index is -0.598. The molecule has 3 aliphatic carbocycles. The number of fused-ring (bicyclic) bond motifs is 22. The van der Waals surface area contributed by atoms with Crippen LogP contribution in [0.3, 0.4) is 0 Å². The number of benzene rings is 11. The van der Waals surface area contributed by atoms with E-state index < -0.39 is 10.8 Å². The van der Waals surface area contributed by atoms with E-state index in [9.17, 15) is 0 Å². The largest absolute Gasteiger partial charge is 0.309 e. The number of anilines is 3. The highest BCUT2D eigenvalue weighted by atomic mass is 15.2. The number of hydrogen-bond acceptors (Lipinski definition) is 1. The quantitative estimate of drug-likeness (QED) is 0.171.